The van der Waals surface area contributed by atoms with Crippen molar-refractivity contribution >= 4 is 23.3 Å². The number of carbonyl (C=O) groups is 1. The third-order valence-corrected chi connectivity index (χ3v) is 5.33. The number of carbonyl (C=O) groups excluding carboxylic acids is 1. The van der Waals surface area contributed by atoms with E-state index in [9.17, 15) is 22.4 Å². The summed E-state index contributed by atoms with van der Waals surface area (Å²) in [5, 5.41) is 2.71. The zero-order valence-corrected chi connectivity index (χ0v) is 19.8. The Labute approximate surface area is 205 Å². The molecule has 35 heavy (non-hydrogen) atoms. The van der Waals surface area contributed by atoms with Crippen molar-refractivity contribution in [2.75, 3.05) is 5.32 Å². The van der Waals surface area contributed by atoms with Gasteiger partial charge in [0, 0.05) is 6.07 Å². The summed E-state index contributed by atoms with van der Waals surface area (Å²) in [6, 6.07) is 12.3. The molecule has 0 bridgehead atoms. The van der Waals surface area contributed by atoms with Crippen LogP contribution < -0.4 is 10.1 Å². The van der Waals surface area contributed by atoms with Crippen LogP contribution in [0.2, 0.25) is 5.02 Å². The topological polar surface area (TPSA) is 60.5 Å². The molecule has 3 rings (SSSR count). The van der Waals surface area contributed by atoms with Crippen LogP contribution in [0.15, 0.2) is 60.7 Å². The summed E-state index contributed by atoms with van der Waals surface area (Å²) in [4.78, 5) is 17.3. The van der Waals surface area contributed by atoms with Crippen molar-refractivity contribution in [2.24, 2.45) is 5.92 Å². The molecule has 186 valence electrons. The fourth-order valence-electron chi connectivity index (χ4n) is 3.12. The fraction of sp³-hybridized carbons (Fsp3) is 0.280. The third kappa shape index (κ3) is 7.08. The van der Waals surface area contributed by atoms with Crippen LogP contribution in [0.3, 0.4) is 0 Å². The van der Waals surface area contributed by atoms with E-state index in [1.807, 2.05) is 0 Å². The van der Waals surface area contributed by atoms with Crippen molar-refractivity contribution in [3.05, 3.63) is 82.8 Å². The Balaban J connectivity index is 1.70. The molecule has 1 aromatic heterocycles. The number of ether oxygens (including phenoxy) is 2. The number of hydrogen-bond acceptors (Lipinski definition) is 5. The molecule has 5 nitrogen and oxygen atoms in total. The van der Waals surface area contributed by atoms with Gasteiger partial charge in [-0.25, -0.2) is 14.2 Å². The van der Waals surface area contributed by atoms with Gasteiger partial charge in [0.1, 0.15) is 23.7 Å². The van der Waals surface area contributed by atoms with E-state index in [1.54, 1.807) is 39.0 Å². The minimum Gasteiger partial charge on any atom is -0.455 e. The quantitative estimate of drug-likeness (QED) is 0.252. The number of halogens is 5. The van der Waals surface area contributed by atoms with Crippen LogP contribution in [0.1, 0.15) is 38.1 Å². The van der Waals surface area contributed by atoms with Crippen LogP contribution in [0.25, 0.3) is 0 Å². The zero-order valence-electron chi connectivity index (χ0n) is 19.1. The predicted octanol–water partition coefficient (Wildman–Crippen LogP) is 7.43. The Morgan fingerprint density at radius 3 is 2.31 bits per heavy atom. The average molecular weight is 511 g/mol. The number of anilines is 1. The maximum atomic E-state index is 13.1. The molecule has 0 saturated heterocycles. The number of esters is 1. The molecule has 2 unspecified atom stereocenters. The number of aromatic nitrogens is 1. The van der Waals surface area contributed by atoms with Crippen LogP contribution >= 0.6 is 11.6 Å². The van der Waals surface area contributed by atoms with Crippen molar-refractivity contribution in [1.29, 1.82) is 0 Å². The van der Waals surface area contributed by atoms with Gasteiger partial charge in [0.15, 0.2) is 0 Å². The summed E-state index contributed by atoms with van der Waals surface area (Å²) in [6.07, 6.45) is -5.29. The number of rotatable bonds is 8. The molecule has 0 radical (unpaired) electrons. The van der Waals surface area contributed by atoms with E-state index in [2.05, 4.69) is 10.3 Å². The minimum absolute atomic E-state index is 0.168. The second-order valence-corrected chi connectivity index (χ2v) is 8.50. The molecule has 0 spiro atoms. The second kappa shape index (κ2) is 10.9. The molecule has 1 N–H and O–H groups in total. The Morgan fingerprint density at radius 1 is 1.03 bits per heavy atom. The lowest BCUT2D eigenvalue weighted by Crippen LogP contribution is -2.36. The molecule has 0 amide bonds. The van der Waals surface area contributed by atoms with Crippen molar-refractivity contribution in [2.45, 2.75) is 39.1 Å². The van der Waals surface area contributed by atoms with Crippen LogP contribution in [-0.2, 0) is 15.7 Å². The highest BCUT2D eigenvalue weighted by Crippen LogP contribution is 2.34. The van der Waals surface area contributed by atoms with Gasteiger partial charge in [-0.05, 0) is 61.4 Å². The lowest BCUT2D eigenvalue weighted by molar-refractivity contribution is -0.150. The van der Waals surface area contributed by atoms with Crippen molar-refractivity contribution in [3.63, 3.8) is 0 Å². The molecule has 0 aliphatic rings. The van der Waals surface area contributed by atoms with Crippen molar-refractivity contribution in [3.8, 4) is 11.6 Å². The van der Waals surface area contributed by atoms with Crippen LogP contribution in [-0.4, -0.2) is 17.0 Å². The first-order valence-electron chi connectivity index (χ1n) is 10.7. The summed E-state index contributed by atoms with van der Waals surface area (Å²) in [6.45, 7) is 5.15. The van der Waals surface area contributed by atoms with E-state index in [0.717, 1.165) is 12.1 Å². The maximum absolute atomic E-state index is 13.1. The molecule has 1 heterocycles. The lowest BCUT2D eigenvalue weighted by Gasteiger charge is -2.24. The zero-order chi connectivity index (χ0) is 25.8. The van der Waals surface area contributed by atoms with Gasteiger partial charge >= 0.3 is 12.1 Å². The Bertz CT molecular complexity index is 1170. The molecule has 0 saturated carbocycles. The molecule has 0 aliphatic heterocycles. The highest BCUT2D eigenvalue weighted by Gasteiger charge is 2.32. The highest BCUT2D eigenvalue weighted by molar-refractivity contribution is 6.33. The molecule has 10 heteroatoms. The first-order valence-corrected chi connectivity index (χ1v) is 11.1. The summed E-state index contributed by atoms with van der Waals surface area (Å²) >= 11 is 6.02. The SMILES string of the molecule is CC(OC(=O)C(Nc1ccc(C(F)(F)F)cc1Cl)C(C)C)c1cccc(Oc2ccc(F)cc2)n1. The predicted molar refractivity (Wildman–Crippen MR) is 124 cm³/mol. The van der Waals surface area contributed by atoms with E-state index >= 15 is 0 Å². The number of alkyl halides is 3. The van der Waals surface area contributed by atoms with Crippen LogP contribution in [0.4, 0.5) is 23.2 Å². The molecule has 0 fully saturated rings. The smallest absolute Gasteiger partial charge is 0.416 e. The minimum atomic E-state index is -4.53. The van der Waals surface area contributed by atoms with E-state index in [1.165, 1.54) is 30.3 Å². The van der Waals surface area contributed by atoms with Gasteiger partial charge in [0.05, 0.1) is 22.0 Å². The maximum Gasteiger partial charge on any atom is 0.416 e. The number of nitrogens with one attached hydrogen (secondary N) is 1. The fourth-order valence-corrected chi connectivity index (χ4v) is 3.35. The lowest BCUT2D eigenvalue weighted by atomic mass is 10.0. The summed E-state index contributed by atoms with van der Waals surface area (Å²) in [7, 11) is 0. The van der Waals surface area contributed by atoms with Gasteiger partial charge < -0.3 is 14.8 Å². The van der Waals surface area contributed by atoms with Gasteiger partial charge in [0.25, 0.3) is 0 Å². The van der Waals surface area contributed by atoms with Gasteiger partial charge in [-0.3, -0.25) is 0 Å². The highest BCUT2D eigenvalue weighted by atomic mass is 35.5. The number of pyridine rings is 1. The van der Waals surface area contributed by atoms with Crippen molar-refractivity contribution in [1.82, 2.24) is 4.98 Å². The Morgan fingerprint density at radius 2 is 1.71 bits per heavy atom. The standard InChI is InChI=1S/C25H23ClF4N2O3/c1-14(2)23(32-21-12-7-16(13-19(21)26)25(28,29)30)24(33)34-15(3)20-5-4-6-22(31-20)35-18-10-8-17(27)9-11-18/h4-15,23,32H,1-3H3. The van der Waals surface area contributed by atoms with E-state index in [-0.39, 0.29) is 22.5 Å². The second-order valence-electron chi connectivity index (χ2n) is 8.09. The van der Waals surface area contributed by atoms with E-state index in [0.29, 0.717) is 11.4 Å². The van der Waals surface area contributed by atoms with Crippen LogP contribution in [0, 0.1) is 11.7 Å². The number of hydrogen-bond donors (Lipinski definition) is 1. The molecule has 2 aromatic carbocycles. The summed E-state index contributed by atoms with van der Waals surface area (Å²) in [5.41, 5.74) is -0.303. The third-order valence-electron chi connectivity index (χ3n) is 5.02. The van der Waals surface area contributed by atoms with E-state index in [4.69, 9.17) is 21.1 Å². The largest absolute Gasteiger partial charge is 0.455 e. The van der Waals surface area contributed by atoms with E-state index < -0.39 is 35.7 Å². The Hall–Kier alpha value is -3.33. The molecular weight excluding hydrogens is 488 g/mol. The molecule has 2 atom stereocenters. The number of benzene rings is 2. The van der Waals surface area contributed by atoms with Crippen molar-refractivity contribution < 1.29 is 31.8 Å². The monoisotopic (exact) mass is 510 g/mol. The Kier molecular flexibility index (Phi) is 8.22. The van der Waals surface area contributed by atoms with Gasteiger partial charge in [-0.1, -0.05) is 31.5 Å². The summed E-state index contributed by atoms with van der Waals surface area (Å²) in [5.74, 6) is -0.681. The average Bonchev–Trinajstić information content (AvgIpc) is 2.79. The first-order chi connectivity index (χ1) is 16.4. The van der Waals surface area contributed by atoms with Crippen LogP contribution in [0.5, 0.6) is 11.6 Å². The van der Waals surface area contributed by atoms with Gasteiger partial charge in [0.2, 0.25) is 5.88 Å². The summed E-state index contributed by atoms with van der Waals surface area (Å²) < 4.78 is 63.0. The molecular formula is C25H23ClF4N2O3. The van der Waals surface area contributed by atoms with Gasteiger partial charge in [-0.2, -0.15) is 13.2 Å². The normalized spacial score (nSPS) is 13.3. The molecule has 0 aliphatic carbocycles. The first kappa shape index (κ1) is 26.3. The molecule has 3 aromatic rings. The van der Waals surface area contributed by atoms with Gasteiger partial charge in [-0.15, -0.1) is 0 Å². The number of nitrogens with zero attached hydrogens (tertiary/aromatic N) is 1.